The number of alkyl carbamates (subject to hydrolysis) is 1. The van der Waals surface area contributed by atoms with E-state index >= 15 is 0 Å². The summed E-state index contributed by atoms with van der Waals surface area (Å²) in [6.07, 6.45) is 17.8. The van der Waals surface area contributed by atoms with Gasteiger partial charge in [0.1, 0.15) is 18.5 Å². The minimum Gasteiger partial charge on any atom is -0.462 e. The Morgan fingerprint density at radius 1 is 1.00 bits per heavy atom. The summed E-state index contributed by atoms with van der Waals surface area (Å²) in [7, 11) is 1.30. The number of amides is 1. The lowest BCUT2D eigenvalue weighted by atomic mass is 9.97. The number of carbonyl (C=O) groups is 3. The molecular weight excluding hydrogens is 564 g/mol. The van der Waals surface area contributed by atoms with E-state index in [0.29, 0.717) is 31.6 Å². The van der Waals surface area contributed by atoms with E-state index in [1.807, 2.05) is 42.5 Å². The van der Waals surface area contributed by atoms with Crippen LogP contribution in [-0.2, 0) is 35.0 Å². The molecule has 1 saturated carbocycles. The predicted molar refractivity (Wildman–Crippen MR) is 164 cm³/mol. The van der Waals surface area contributed by atoms with Gasteiger partial charge in [-0.2, -0.15) is 0 Å². The van der Waals surface area contributed by atoms with Gasteiger partial charge in [0, 0.05) is 25.5 Å². The first-order valence-corrected chi connectivity index (χ1v) is 15.3. The Bertz CT molecular complexity index is 1280. The van der Waals surface area contributed by atoms with E-state index in [-0.39, 0.29) is 31.1 Å². The van der Waals surface area contributed by atoms with Gasteiger partial charge in [-0.05, 0) is 50.2 Å². The van der Waals surface area contributed by atoms with Crippen LogP contribution >= 0.6 is 0 Å². The van der Waals surface area contributed by atoms with Gasteiger partial charge in [-0.15, -0.1) is 0 Å². The Balaban J connectivity index is 1.25. The summed E-state index contributed by atoms with van der Waals surface area (Å²) in [6, 6.07) is 9.90. The second-order valence-electron chi connectivity index (χ2n) is 10.9. The standard InChI is InChI=1S/C34H42N2O8/c1-40-34(39)35-20-10-16-31-36-26(24-41-31)13-8-9-17-32(37)44-29-21-28(19-18-25-11-4-2-5-12-25)42-30(22-29)23-33(38)43-27-14-6-3-7-15-27/h2,4-5,9-12,16-19,24,27-30H,3,6-8,13-15,20-23H2,1H3,(H,35,39)/b16-10-,17-9-,19-18+/t28-,29-,30-/m0/s1. The molecule has 0 unspecified atom stereocenters. The first kappa shape index (κ1) is 32.7. The van der Waals surface area contributed by atoms with E-state index in [0.717, 1.165) is 36.9 Å². The molecule has 44 heavy (non-hydrogen) atoms. The van der Waals surface area contributed by atoms with Gasteiger partial charge in [-0.3, -0.25) is 4.79 Å². The Morgan fingerprint density at radius 2 is 1.82 bits per heavy atom. The fraction of sp³-hybridized carbons (Fsp3) is 0.471. The van der Waals surface area contributed by atoms with Crippen LogP contribution in [0.5, 0.6) is 0 Å². The molecule has 0 radical (unpaired) electrons. The molecule has 2 fully saturated rings. The number of hydrogen-bond donors (Lipinski definition) is 1. The molecule has 2 heterocycles. The number of carbonyl (C=O) groups excluding carboxylic acids is 3. The summed E-state index contributed by atoms with van der Waals surface area (Å²) >= 11 is 0. The predicted octanol–water partition coefficient (Wildman–Crippen LogP) is 5.97. The van der Waals surface area contributed by atoms with E-state index in [1.165, 1.54) is 19.6 Å². The van der Waals surface area contributed by atoms with E-state index in [9.17, 15) is 14.4 Å². The van der Waals surface area contributed by atoms with Crippen molar-refractivity contribution in [3.8, 4) is 0 Å². The van der Waals surface area contributed by atoms with Crippen LogP contribution in [0, 0.1) is 0 Å². The zero-order valence-corrected chi connectivity index (χ0v) is 25.2. The van der Waals surface area contributed by atoms with Crippen LogP contribution in [0.1, 0.15) is 74.9 Å². The molecule has 1 aliphatic heterocycles. The van der Waals surface area contributed by atoms with Crippen molar-refractivity contribution in [1.82, 2.24) is 10.3 Å². The highest BCUT2D eigenvalue weighted by atomic mass is 16.6. The molecule has 1 saturated heterocycles. The van der Waals surface area contributed by atoms with Gasteiger partial charge < -0.3 is 28.7 Å². The number of methoxy groups -OCH3 is 1. The van der Waals surface area contributed by atoms with Gasteiger partial charge in [0.05, 0.1) is 31.4 Å². The maximum atomic E-state index is 12.7. The number of rotatable bonds is 13. The number of nitrogens with one attached hydrogen (secondary N) is 1. The third kappa shape index (κ3) is 11.8. The zero-order valence-electron chi connectivity index (χ0n) is 25.2. The molecule has 10 nitrogen and oxygen atoms in total. The second-order valence-corrected chi connectivity index (χ2v) is 10.9. The molecule has 1 aliphatic carbocycles. The van der Waals surface area contributed by atoms with Gasteiger partial charge in [-0.25, -0.2) is 14.6 Å². The third-order valence-electron chi connectivity index (χ3n) is 7.42. The van der Waals surface area contributed by atoms with Crippen molar-refractivity contribution in [3.63, 3.8) is 0 Å². The van der Waals surface area contributed by atoms with E-state index in [1.54, 1.807) is 24.5 Å². The molecule has 10 heteroatoms. The molecule has 2 aliphatic rings. The fourth-order valence-electron chi connectivity index (χ4n) is 5.25. The molecular formula is C34H42N2O8. The first-order valence-electron chi connectivity index (χ1n) is 15.3. The molecule has 1 aromatic carbocycles. The molecule has 2 aromatic rings. The number of allylic oxidation sites excluding steroid dienone is 1. The van der Waals surface area contributed by atoms with Crippen LogP contribution in [0.2, 0.25) is 0 Å². The highest BCUT2D eigenvalue weighted by Gasteiger charge is 2.32. The van der Waals surface area contributed by atoms with Crippen molar-refractivity contribution in [2.45, 2.75) is 88.6 Å². The molecule has 1 N–H and O–H groups in total. The average Bonchev–Trinajstić information content (AvgIpc) is 3.48. The van der Waals surface area contributed by atoms with Gasteiger partial charge in [0.2, 0.25) is 5.89 Å². The maximum Gasteiger partial charge on any atom is 0.407 e. The molecule has 3 atom stereocenters. The van der Waals surface area contributed by atoms with Crippen LogP contribution < -0.4 is 5.32 Å². The van der Waals surface area contributed by atoms with Gasteiger partial charge in [0.15, 0.2) is 0 Å². The minimum absolute atomic E-state index is 0.0111. The summed E-state index contributed by atoms with van der Waals surface area (Å²) in [5.74, 6) is -0.278. The van der Waals surface area contributed by atoms with Crippen LogP contribution in [-0.4, -0.2) is 61.1 Å². The zero-order chi connectivity index (χ0) is 31.0. The van der Waals surface area contributed by atoms with E-state index in [4.69, 9.17) is 18.6 Å². The Hall–Kier alpha value is -4.18. The fourth-order valence-corrected chi connectivity index (χ4v) is 5.25. The van der Waals surface area contributed by atoms with Gasteiger partial charge in [-0.1, -0.05) is 61.1 Å². The summed E-state index contributed by atoms with van der Waals surface area (Å²) in [6.45, 7) is 0.289. The number of aromatic nitrogens is 1. The highest BCUT2D eigenvalue weighted by molar-refractivity contribution is 5.82. The van der Waals surface area contributed by atoms with Crippen LogP contribution in [0.15, 0.2) is 65.3 Å². The number of aryl methyl sites for hydroxylation is 1. The highest BCUT2D eigenvalue weighted by Crippen LogP contribution is 2.27. The van der Waals surface area contributed by atoms with Crippen molar-refractivity contribution < 1.29 is 37.7 Å². The monoisotopic (exact) mass is 606 g/mol. The Labute approximate surface area is 258 Å². The minimum atomic E-state index is -0.515. The third-order valence-corrected chi connectivity index (χ3v) is 7.42. The van der Waals surface area contributed by atoms with Crippen molar-refractivity contribution in [3.05, 3.63) is 78.0 Å². The summed E-state index contributed by atoms with van der Waals surface area (Å²) in [5, 5.41) is 2.53. The Kier molecular flexibility index (Phi) is 13.3. The van der Waals surface area contributed by atoms with Crippen molar-refractivity contribution in [2.75, 3.05) is 13.7 Å². The summed E-state index contributed by atoms with van der Waals surface area (Å²) in [4.78, 5) is 40.8. The number of esters is 2. The smallest absolute Gasteiger partial charge is 0.407 e. The normalized spacial score (nSPS) is 21.1. The summed E-state index contributed by atoms with van der Waals surface area (Å²) < 4.78 is 27.7. The second kappa shape index (κ2) is 17.8. The molecule has 4 rings (SSSR count). The number of benzene rings is 1. The van der Waals surface area contributed by atoms with Crippen molar-refractivity contribution in [1.29, 1.82) is 0 Å². The quantitative estimate of drug-likeness (QED) is 0.167. The van der Waals surface area contributed by atoms with Crippen molar-refractivity contribution >= 4 is 30.2 Å². The van der Waals surface area contributed by atoms with Crippen LogP contribution in [0.25, 0.3) is 12.2 Å². The van der Waals surface area contributed by atoms with Gasteiger partial charge in [0.25, 0.3) is 0 Å². The molecule has 0 bridgehead atoms. The molecule has 236 valence electrons. The number of hydrogen-bond acceptors (Lipinski definition) is 9. The average molecular weight is 607 g/mol. The lowest BCUT2D eigenvalue weighted by molar-refractivity contribution is -0.162. The number of nitrogens with zero attached hydrogens (tertiary/aromatic N) is 1. The largest absolute Gasteiger partial charge is 0.462 e. The number of ether oxygens (including phenoxy) is 4. The molecule has 0 spiro atoms. The first-order chi connectivity index (χ1) is 21.5. The van der Waals surface area contributed by atoms with Gasteiger partial charge >= 0.3 is 18.0 Å². The molecule has 1 aromatic heterocycles. The Morgan fingerprint density at radius 3 is 2.61 bits per heavy atom. The number of oxazole rings is 1. The van der Waals surface area contributed by atoms with Crippen LogP contribution in [0.4, 0.5) is 4.79 Å². The summed E-state index contributed by atoms with van der Waals surface area (Å²) in [5.41, 5.74) is 1.78. The van der Waals surface area contributed by atoms with E-state index < -0.39 is 24.3 Å². The SMILES string of the molecule is COC(=O)NC/C=C\c1nc(CC/C=C\C(=O)O[C@@H]2C[C@@H](CC(=O)OC3CCCCC3)O[C@@H](/C=C/c3ccccc3)C2)co1. The maximum absolute atomic E-state index is 12.7. The lowest BCUT2D eigenvalue weighted by Crippen LogP contribution is -2.38. The van der Waals surface area contributed by atoms with Crippen LogP contribution in [0.3, 0.4) is 0 Å². The van der Waals surface area contributed by atoms with Crippen molar-refractivity contribution in [2.24, 2.45) is 0 Å². The lowest BCUT2D eigenvalue weighted by Gasteiger charge is -2.33. The molecule has 1 amide bonds. The van der Waals surface area contributed by atoms with E-state index in [2.05, 4.69) is 15.0 Å². The topological polar surface area (TPSA) is 126 Å².